The highest BCUT2D eigenvalue weighted by molar-refractivity contribution is 7.92. The summed E-state index contributed by atoms with van der Waals surface area (Å²) in [7, 11) is -2.24. The first-order valence-corrected chi connectivity index (χ1v) is 10.5. The van der Waals surface area contributed by atoms with Gasteiger partial charge in [-0.2, -0.15) is 0 Å². The minimum atomic E-state index is -3.78. The van der Waals surface area contributed by atoms with Crippen LogP contribution in [0.3, 0.4) is 0 Å². The molecule has 0 aliphatic heterocycles. The minimum Gasteiger partial charge on any atom is -0.497 e. The number of amides is 1. The molecule has 3 aromatic rings. The molecule has 0 fully saturated rings. The maximum atomic E-state index is 12.7. The standard InChI is InChI=1S/C21H19ClN2O4S/c1-14-13-19(29(26,27)24-17-7-9-18(28-2)10-8-17)11-12-20(14)23-21(25)15-3-5-16(22)6-4-15/h3-13,24H,1-2H3,(H,23,25). The number of aryl methyl sites for hydroxylation is 1. The van der Waals surface area contributed by atoms with Crippen molar-refractivity contribution in [1.82, 2.24) is 0 Å². The molecule has 0 radical (unpaired) electrons. The second-order valence-corrected chi connectivity index (χ2v) is 8.39. The summed E-state index contributed by atoms with van der Waals surface area (Å²) in [6.45, 7) is 1.73. The molecule has 0 aromatic heterocycles. The van der Waals surface area contributed by atoms with Crippen molar-refractivity contribution >= 4 is 38.9 Å². The van der Waals surface area contributed by atoms with E-state index in [4.69, 9.17) is 16.3 Å². The molecule has 150 valence electrons. The van der Waals surface area contributed by atoms with E-state index in [1.54, 1.807) is 61.5 Å². The monoisotopic (exact) mass is 430 g/mol. The van der Waals surface area contributed by atoms with Gasteiger partial charge in [-0.05, 0) is 79.2 Å². The van der Waals surface area contributed by atoms with Crippen molar-refractivity contribution in [1.29, 1.82) is 0 Å². The lowest BCUT2D eigenvalue weighted by atomic mass is 10.1. The van der Waals surface area contributed by atoms with Gasteiger partial charge < -0.3 is 10.1 Å². The maximum Gasteiger partial charge on any atom is 0.261 e. The van der Waals surface area contributed by atoms with Crippen LogP contribution in [0.15, 0.2) is 71.6 Å². The first kappa shape index (κ1) is 20.7. The van der Waals surface area contributed by atoms with Gasteiger partial charge in [0, 0.05) is 22.0 Å². The minimum absolute atomic E-state index is 0.0929. The number of nitrogens with one attached hydrogen (secondary N) is 2. The van der Waals surface area contributed by atoms with Gasteiger partial charge in [0.1, 0.15) is 5.75 Å². The molecule has 0 saturated carbocycles. The zero-order chi connectivity index (χ0) is 21.0. The lowest BCUT2D eigenvalue weighted by Crippen LogP contribution is -2.15. The largest absolute Gasteiger partial charge is 0.497 e. The number of hydrogen-bond donors (Lipinski definition) is 2. The Kier molecular flexibility index (Phi) is 6.10. The predicted molar refractivity (Wildman–Crippen MR) is 114 cm³/mol. The van der Waals surface area contributed by atoms with Gasteiger partial charge in [0.25, 0.3) is 15.9 Å². The Morgan fingerprint density at radius 1 is 0.966 bits per heavy atom. The van der Waals surface area contributed by atoms with Crippen LogP contribution >= 0.6 is 11.6 Å². The highest BCUT2D eigenvalue weighted by Gasteiger charge is 2.16. The second-order valence-electron chi connectivity index (χ2n) is 6.27. The lowest BCUT2D eigenvalue weighted by Gasteiger charge is -2.12. The van der Waals surface area contributed by atoms with Crippen molar-refractivity contribution in [2.75, 3.05) is 17.1 Å². The van der Waals surface area contributed by atoms with Gasteiger partial charge in [0.05, 0.1) is 12.0 Å². The normalized spacial score (nSPS) is 11.0. The van der Waals surface area contributed by atoms with Gasteiger partial charge in [-0.3, -0.25) is 9.52 Å². The lowest BCUT2D eigenvalue weighted by molar-refractivity contribution is 0.102. The van der Waals surface area contributed by atoms with E-state index in [1.807, 2.05) is 0 Å². The average molecular weight is 431 g/mol. The fourth-order valence-corrected chi connectivity index (χ4v) is 3.88. The van der Waals surface area contributed by atoms with Gasteiger partial charge >= 0.3 is 0 Å². The topological polar surface area (TPSA) is 84.5 Å². The van der Waals surface area contributed by atoms with E-state index < -0.39 is 10.0 Å². The highest BCUT2D eigenvalue weighted by Crippen LogP contribution is 2.23. The molecular formula is C21H19ClN2O4S. The summed E-state index contributed by atoms with van der Waals surface area (Å²) in [5.41, 5.74) is 2.01. The van der Waals surface area contributed by atoms with Gasteiger partial charge in [-0.25, -0.2) is 8.42 Å². The van der Waals surface area contributed by atoms with Crippen molar-refractivity contribution in [3.05, 3.63) is 82.9 Å². The number of carbonyl (C=O) groups excluding carboxylic acids is 1. The quantitative estimate of drug-likeness (QED) is 0.593. The van der Waals surface area contributed by atoms with Gasteiger partial charge in [0.15, 0.2) is 0 Å². The number of halogens is 1. The molecule has 29 heavy (non-hydrogen) atoms. The summed E-state index contributed by atoms with van der Waals surface area (Å²) in [6, 6.07) is 17.6. The van der Waals surface area contributed by atoms with E-state index in [-0.39, 0.29) is 10.8 Å². The van der Waals surface area contributed by atoms with Crippen LogP contribution in [-0.4, -0.2) is 21.4 Å². The Morgan fingerprint density at radius 2 is 1.62 bits per heavy atom. The molecule has 0 aliphatic carbocycles. The molecule has 0 bridgehead atoms. The number of carbonyl (C=O) groups is 1. The zero-order valence-electron chi connectivity index (χ0n) is 15.8. The Bertz CT molecular complexity index is 1130. The number of benzene rings is 3. The number of anilines is 2. The summed E-state index contributed by atoms with van der Waals surface area (Å²) in [5, 5.41) is 3.31. The van der Waals surface area contributed by atoms with E-state index in [2.05, 4.69) is 10.0 Å². The number of methoxy groups -OCH3 is 1. The summed E-state index contributed by atoms with van der Waals surface area (Å²) < 4.78 is 32.9. The van der Waals surface area contributed by atoms with Crippen LogP contribution in [0.4, 0.5) is 11.4 Å². The zero-order valence-corrected chi connectivity index (χ0v) is 17.3. The Hall–Kier alpha value is -3.03. The summed E-state index contributed by atoms with van der Waals surface area (Å²) in [4.78, 5) is 12.5. The molecule has 0 unspecified atom stereocenters. The summed E-state index contributed by atoms with van der Waals surface area (Å²) >= 11 is 5.83. The highest BCUT2D eigenvalue weighted by atomic mass is 35.5. The van der Waals surface area contributed by atoms with Gasteiger partial charge in [0.2, 0.25) is 0 Å². The van der Waals surface area contributed by atoms with Crippen molar-refractivity contribution < 1.29 is 17.9 Å². The van der Waals surface area contributed by atoms with Crippen LogP contribution in [0.2, 0.25) is 5.02 Å². The van der Waals surface area contributed by atoms with Crippen LogP contribution in [0.5, 0.6) is 5.75 Å². The molecule has 1 amide bonds. The predicted octanol–water partition coefficient (Wildman–Crippen LogP) is 4.71. The summed E-state index contributed by atoms with van der Waals surface area (Å²) in [6.07, 6.45) is 0. The third-order valence-electron chi connectivity index (χ3n) is 4.21. The second kappa shape index (κ2) is 8.55. The van der Waals surface area contributed by atoms with E-state index >= 15 is 0 Å². The number of ether oxygens (including phenoxy) is 1. The van der Waals surface area contributed by atoms with E-state index in [9.17, 15) is 13.2 Å². The van der Waals surface area contributed by atoms with Crippen LogP contribution in [-0.2, 0) is 10.0 Å². The fourth-order valence-electron chi connectivity index (χ4n) is 2.61. The molecule has 0 spiro atoms. The molecule has 8 heteroatoms. The average Bonchev–Trinajstić information content (AvgIpc) is 2.70. The Balaban J connectivity index is 1.76. The van der Waals surface area contributed by atoms with E-state index in [1.165, 1.54) is 19.2 Å². The van der Waals surface area contributed by atoms with Gasteiger partial charge in [-0.1, -0.05) is 11.6 Å². The molecule has 0 aliphatic rings. The smallest absolute Gasteiger partial charge is 0.261 e. The van der Waals surface area contributed by atoms with Crippen molar-refractivity contribution in [3.8, 4) is 5.75 Å². The third kappa shape index (κ3) is 5.07. The SMILES string of the molecule is COc1ccc(NS(=O)(=O)c2ccc(NC(=O)c3ccc(Cl)cc3)c(C)c2)cc1. The van der Waals surface area contributed by atoms with Crippen LogP contribution in [0, 0.1) is 6.92 Å². The molecule has 6 nitrogen and oxygen atoms in total. The first-order valence-electron chi connectivity index (χ1n) is 8.63. The van der Waals surface area contributed by atoms with E-state index in [0.717, 1.165) is 0 Å². The molecule has 0 heterocycles. The fraction of sp³-hybridized carbons (Fsp3) is 0.0952. The van der Waals surface area contributed by atoms with Crippen LogP contribution in [0.25, 0.3) is 0 Å². The van der Waals surface area contributed by atoms with Gasteiger partial charge in [-0.15, -0.1) is 0 Å². The van der Waals surface area contributed by atoms with Crippen molar-refractivity contribution in [2.24, 2.45) is 0 Å². The van der Waals surface area contributed by atoms with Crippen LogP contribution < -0.4 is 14.8 Å². The van der Waals surface area contributed by atoms with Crippen LogP contribution in [0.1, 0.15) is 15.9 Å². The molecule has 3 aromatic carbocycles. The Labute approximate surface area is 174 Å². The summed E-state index contributed by atoms with van der Waals surface area (Å²) in [5.74, 6) is 0.321. The maximum absolute atomic E-state index is 12.7. The molecule has 2 N–H and O–H groups in total. The Morgan fingerprint density at radius 3 is 2.21 bits per heavy atom. The molecule has 0 atom stereocenters. The first-order chi connectivity index (χ1) is 13.8. The molecule has 0 saturated heterocycles. The van der Waals surface area contributed by atoms with Crippen molar-refractivity contribution in [2.45, 2.75) is 11.8 Å². The molecule has 3 rings (SSSR count). The third-order valence-corrected chi connectivity index (χ3v) is 5.84. The van der Waals surface area contributed by atoms with E-state index in [0.29, 0.717) is 33.3 Å². The number of sulfonamides is 1. The number of hydrogen-bond acceptors (Lipinski definition) is 4. The number of rotatable bonds is 6. The molecular weight excluding hydrogens is 412 g/mol. The van der Waals surface area contributed by atoms with Crippen molar-refractivity contribution in [3.63, 3.8) is 0 Å².